The van der Waals surface area contributed by atoms with Crippen LogP contribution < -0.4 is 21.7 Å². The lowest BCUT2D eigenvalue weighted by Crippen LogP contribution is -2.41. The molecule has 1 atom stereocenters. The Bertz CT molecular complexity index is 1310. The summed E-state index contributed by atoms with van der Waals surface area (Å²) in [6, 6.07) is 20.9. The molecule has 0 bridgehead atoms. The topological polar surface area (TPSA) is 96.2 Å². The fourth-order valence-corrected chi connectivity index (χ4v) is 4.70. The highest BCUT2D eigenvalue weighted by Crippen LogP contribution is 2.26. The second kappa shape index (κ2) is 15.7. The molecule has 1 amide bonds. The van der Waals surface area contributed by atoms with Gasteiger partial charge < -0.3 is 21.7 Å². The van der Waals surface area contributed by atoms with Crippen LogP contribution >= 0.6 is 0 Å². The first-order valence-corrected chi connectivity index (χ1v) is 13.7. The smallest absolute Gasteiger partial charge is 0.247 e. The van der Waals surface area contributed by atoms with Crippen molar-refractivity contribution < 1.29 is 9.59 Å². The van der Waals surface area contributed by atoms with Gasteiger partial charge >= 0.3 is 0 Å². The van der Waals surface area contributed by atoms with E-state index in [1.54, 1.807) is 18.2 Å². The van der Waals surface area contributed by atoms with Gasteiger partial charge in [0.2, 0.25) is 5.91 Å². The SMILES string of the molecule is C=Cc1ccc(NC(C(=O)NC2CCCCC2)c2ccc(/C=C/C=O)cc2)cc1C=C.CNc1ccccc1N. The maximum atomic E-state index is 13.3. The molecule has 0 heterocycles. The molecule has 4 rings (SSSR count). The second-order valence-electron chi connectivity index (χ2n) is 9.67. The summed E-state index contributed by atoms with van der Waals surface area (Å²) in [5, 5.41) is 9.61. The largest absolute Gasteiger partial charge is 0.397 e. The summed E-state index contributed by atoms with van der Waals surface area (Å²) < 4.78 is 0. The minimum absolute atomic E-state index is 0.0315. The fraction of sp³-hybridized carbons (Fsp3) is 0.235. The van der Waals surface area contributed by atoms with Crippen molar-refractivity contribution in [3.05, 3.63) is 108 Å². The van der Waals surface area contributed by atoms with Crippen LogP contribution in [-0.4, -0.2) is 25.3 Å². The molecule has 6 nitrogen and oxygen atoms in total. The maximum Gasteiger partial charge on any atom is 0.247 e. The predicted molar refractivity (Wildman–Crippen MR) is 170 cm³/mol. The van der Waals surface area contributed by atoms with Crippen LogP contribution in [0.1, 0.15) is 60.4 Å². The number of hydrogen-bond acceptors (Lipinski definition) is 5. The van der Waals surface area contributed by atoms with E-state index in [4.69, 9.17) is 5.73 Å². The number of rotatable bonds is 10. The first-order chi connectivity index (χ1) is 19.5. The number of benzene rings is 3. The minimum Gasteiger partial charge on any atom is -0.397 e. The Balaban J connectivity index is 0.000000415. The monoisotopic (exact) mass is 536 g/mol. The van der Waals surface area contributed by atoms with Gasteiger partial charge in [0, 0.05) is 18.8 Å². The molecule has 0 aliphatic heterocycles. The van der Waals surface area contributed by atoms with Gasteiger partial charge in [-0.3, -0.25) is 9.59 Å². The Morgan fingerprint density at radius 1 is 0.950 bits per heavy atom. The molecule has 3 aromatic rings. The van der Waals surface area contributed by atoms with Gasteiger partial charge in [-0.15, -0.1) is 0 Å². The molecule has 0 radical (unpaired) electrons. The first-order valence-electron chi connectivity index (χ1n) is 13.7. The number of aldehydes is 1. The van der Waals surface area contributed by atoms with E-state index in [-0.39, 0.29) is 11.9 Å². The number of anilines is 3. The van der Waals surface area contributed by atoms with Crippen LogP contribution in [0.4, 0.5) is 17.1 Å². The van der Waals surface area contributed by atoms with Crippen LogP contribution in [0.25, 0.3) is 18.2 Å². The number of allylic oxidation sites excluding steroid dienone is 1. The van der Waals surface area contributed by atoms with Crippen LogP contribution in [0.15, 0.2) is 86.0 Å². The standard InChI is InChI=1S/C27H30N2O2.C7H10N2/c1-3-21-16-17-25(19-22(21)4-2)28-26(27(31)29-24-10-6-5-7-11-24)23-14-12-20(13-15-23)9-8-18-30;1-9-7-5-3-2-4-6(7)8/h3-4,8-9,12-19,24,26,28H,1-2,5-7,10-11H2,(H,29,31);2-5,9H,8H2,1H3/b9-8+;. The molecule has 1 aliphatic rings. The summed E-state index contributed by atoms with van der Waals surface area (Å²) in [7, 11) is 1.85. The van der Waals surface area contributed by atoms with Crippen LogP contribution in [0.5, 0.6) is 0 Å². The van der Waals surface area contributed by atoms with Gasteiger partial charge in [0.05, 0.1) is 11.4 Å². The van der Waals surface area contributed by atoms with Crippen molar-refractivity contribution in [3.63, 3.8) is 0 Å². The third kappa shape index (κ3) is 8.73. The zero-order valence-electron chi connectivity index (χ0n) is 23.2. The van der Waals surface area contributed by atoms with Crippen molar-refractivity contribution in [1.29, 1.82) is 0 Å². The molecule has 0 saturated heterocycles. The average Bonchev–Trinajstić information content (AvgIpc) is 3.00. The summed E-state index contributed by atoms with van der Waals surface area (Å²) in [6.45, 7) is 7.72. The number of amides is 1. The van der Waals surface area contributed by atoms with Crippen LogP contribution in [-0.2, 0) is 9.59 Å². The summed E-state index contributed by atoms with van der Waals surface area (Å²) in [5.41, 5.74) is 11.9. The Labute approximate surface area is 238 Å². The predicted octanol–water partition coefficient (Wildman–Crippen LogP) is 7.10. The fourth-order valence-electron chi connectivity index (χ4n) is 4.70. The number of nitrogens with one attached hydrogen (secondary N) is 3. The van der Waals surface area contributed by atoms with Gasteiger partial charge in [-0.05, 0) is 65.4 Å². The number of hydrogen-bond donors (Lipinski definition) is 4. The maximum absolute atomic E-state index is 13.3. The van der Waals surface area contributed by atoms with Gasteiger partial charge in [-0.2, -0.15) is 0 Å². The average molecular weight is 537 g/mol. The van der Waals surface area contributed by atoms with Crippen LogP contribution in [0, 0.1) is 0 Å². The Morgan fingerprint density at radius 3 is 2.25 bits per heavy atom. The number of carbonyl (C=O) groups excluding carboxylic acids is 2. The summed E-state index contributed by atoms with van der Waals surface area (Å²) in [5.74, 6) is -0.0315. The van der Waals surface area contributed by atoms with E-state index in [9.17, 15) is 9.59 Å². The molecular weight excluding hydrogens is 496 g/mol. The van der Waals surface area contributed by atoms with Gasteiger partial charge in [0.15, 0.2) is 0 Å². The Kier molecular flexibility index (Phi) is 11.8. The number of carbonyl (C=O) groups is 2. The Morgan fingerprint density at radius 2 is 1.65 bits per heavy atom. The van der Waals surface area contributed by atoms with Gasteiger partial charge in [-0.1, -0.05) is 93.1 Å². The van der Waals surface area contributed by atoms with E-state index >= 15 is 0 Å². The minimum atomic E-state index is -0.529. The highest BCUT2D eigenvalue weighted by Gasteiger charge is 2.24. The number of nitrogens with two attached hydrogens (primary N) is 1. The summed E-state index contributed by atoms with van der Waals surface area (Å²) in [6.07, 6.45) is 13.1. The number of nitrogen functional groups attached to an aromatic ring is 1. The lowest BCUT2D eigenvalue weighted by atomic mass is 9.94. The summed E-state index contributed by atoms with van der Waals surface area (Å²) >= 11 is 0. The molecule has 0 aromatic heterocycles. The Hall–Kier alpha value is -4.58. The van der Waals surface area contributed by atoms with Crippen molar-refractivity contribution in [1.82, 2.24) is 5.32 Å². The molecule has 3 aromatic carbocycles. The van der Waals surface area contributed by atoms with Crippen molar-refractivity contribution in [2.75, 3.05) is 23.4 Å². The molecule has 1 saturated carbocycles. The molecule has 40 heavy (non-hydrogen) atoms. The third-order valence-corrected chi connectivity index (χ3v) is 6.92. The lowest BCUT2D eigenvalue weighted by molar-refractivity contribution is -0.122. The van der Waals surface area contributed by atoms with E-state index in [1.807, 2.05) is 73.8 Å². The highest BCUT2D eigenvalue weighted by molar-refractivity contribution is 5.87. The molecule has 5 N–H and O–H groups in total. The molecule has 0 spiro atoms. The number of para-hydroxylation sites is 2. The van der Waals surface area contributed by atoms with Crippen molar-refractivity contribution in [2.45, 2.75) is 44.2 Å². The van der Waals surface area contributed by atoms with Gasteiger partial charge in [0.1, 0.15) is 12.3 Å². The highest BCUT2D eigenvalue weighted by atomic mass is 16.2. The van der Waals surface area contributed by atoms with Crippen LogP contribution in [0.3, 0.4) is 0 Å². The molecule has 208 valence electrons. The zero-order chi connectivity index (χ0) is 28.7. The van der Waals surface area contributed by atoms with Crippen molar-refractivity contribution in [2.24, 2.45) is 0 Å². The van der Waals surface area contributed by atoms with E-state index in [1.165, 1.54) is 12.5 Å². The van der Waals surface area contributed by atoms with Gasteiger partial charge in [-0.25, -0.2) is 0 Å². The van der Waals surface area contributed by atoms with Crippen molar-refractivity contribution in [3.8, 4) is 0 Å². The van der Waals surface area contributed by atoms with E-state index in [2.05, 4.69) is 29.1 Å². The van der Waals surface area contributed by atoms with Crippen LogP contribution in [0.2, 0.25) is 0 Å². The lowest BCUT2D eigenvalue weighted by Gasteiger charge is -2.27. The molecular formula is C34H40N4O2. The second-order valence-corrected chi connectivity index (χ2v) is 9.67. The summed E-state index contributed by atoms with van der Waals surface area (Å²) in [4.78, 5) is 23.9. The first kappa shape index (κ1) is 30.0. The van der Waals surface area contributed by atoms with Gasteiger partial charge in [0.25, 0.3) is 0 Å². The molecule has 6 heteroatoms. The third-order valence-electron chi connectivity index (χ3n) is 6.92. The molecule has 1 unspecified atom stereocenters. The zero-order valence-corrected chi connectivity index (χ0v) is 23.2. The quantitative estimate of drug-likeness (QED) is 0.126. The van der Waals surface area contributed by atoms with E-state index in [0.29, 0.717) is 0 Å². The molecule has 1 fully saturated rings. The molecule has 1 aliphatic carbocycles. The van der Waals surface area contributed by atoms with E-state index < -0.39 is 6.04 Å². The van der Waals surface area contributed by atoms with E-state index in [0.717, 1.165) is 71.3 Å². The normalized spacial score (nSPS) is 13.8. The van der Waals surface area contributed by atoms with Crippen molar-refractivity contribution >= 4 is 47.5 Å².